The van der Waals surface area contributed by atoms with Crippen molar-refractivity contribution in [2.75, 3.05) is 31.6 Å². The van der Waals surface area contributed by atoms with Crippen LogP contribution in [-0.4, -0.2) is 72.3 Å². The fourth-order valence-electron chi connectivity index (χ4n) is 4.14. The largest absolute Gasteiger partial charge is 0.466 e. The molecule has 206 valence electrons. The number of rotatable bonds is 5. The molecule has 0 spiro atoms. The number of aliphatic hydroxyl groups is 1. The van der Waals surface area contributed by atoms with Gasteiger partial charge in [-0.3, -0.25) is 0 Å². The number of ether oxygens (including phenoxy) is 1. The monoisotopic (exact) mass is 562 g/mol. The molecule has 1 N–H and O–H groups in total. The van der Waals surface area contributed by atoms with Crippen LogP contribution < -0.4 is 4.90 Å². The standard InChI is InChI=1S/C20H21F7N4O5S/c1-11-9-30(14-5-4-12(21)8-13(14)19(22,23)24)6-7-31(11)37(34,35)16-15(29(2)10-28-16)18(33,17(32)36-3)20(25,26)27/h4-5,8,10-11,33H,6-7,9H2,1-3H3. The minimum absolute atomic E-state index is 0.300. The SMILES string of the molecule is COC(=O)C(O)(c1c(S(=O)(=O)N2CCN(c3ccc(F)cc3C(F)(F)F)CC2C)ncn1C)C(F)(F)F. The number of aromatic nitrogens is 2. The Morgan fingerprint density at radius 3 is 2.30 bits per heavy atom. The van der Waals surface area contributed by atoms with Crippen LogP contribution in [0.25, 0.3) is 0 Å². The van der Waals surface area contributed by atoms with E-state index in [2.05, 4.69) is 9.72 Å². The van der Waals surface area contributed by atoms with E-state index in [4.69, 9.17) is 0 Å². The van der Waals surface area contributed by atoms with E-state index in [0.29, 0.717) is 28.4 Å². The summed E-state index contributed by atoms with van der Waals surface area (Å²) in [4.78, 5) is 16.7. The molecule has 0 aliphatic carbocycles. The van der Waals surface area contributed by atoms with Gasteiger partial charge in [-0.25, -0.2) is 22.6 Å². The van der Waals surface area contributed by atoms with Crippen molar-refractivity contribution in [1.82, 2.24) is 13.9 Å². The lowest BCUT2D eigenvalue weighted by Gasteiger charge is -2.40. The molecule has 2 heterocycles. The second kappa shape index (κ2) is 9.43. The molecule has 1 fully saturated rings. The van der Waals surface area contributed by atoms with Crippen LogP contribution >= 0.6 is 0 Å². The molecule has 0 bridgehead atoms. The fraction of sp³-hybridized carbons (Fsp3) is 0.500. The van der Waals surface area contributed by atoms with Crippen LogP contribution in [0.5, 0.6) is 0 Å². The molecule has 2 unspecified atom stereocenters. The quantitative estimate of drug-likeness (QED) is 0.441. The van der Waals surface area contributed by atoms with Gasteiger partial charge in [0.2, 0.25) is 0 Å². The van der Waals surface area contributed by atoms with E-state index >= 15 is 0 Å². The molecule has 37 heavy (non-hydrogen) atoms. The lowest BCUT2D eigenvalue weighted by atomic mass is 9.99. The number of carbonyl (C=O) groups is 1. The minimum Gasteiger partial charge on any atom is -0.466 e. The summed E-state index contributed by atoms with van der Waals surface area (Å²) in [6.07, 6.45) is -9.97. The maximum Gasteiger partial charge on any atom is 0.434 e. The van der Waals surface area contributed by atoms with Crippen LogP contribution in [0.3, 0.4) is 0 Å². The van der Waals surface area contributed by atoms with Gasteiger partial charge in [0.25, 0.3) is 10.0 Å². The number of esters is 1. The van der Waals surface area contributed by atoms with Gasteiger partial charge in [-0.1, -0.05) is 0 Å². The number of hydrogen-bond acceptors (Lipinski definition) is 7. The number of hydrogen-bond donors (Lipinski definition) is 1. The van der Waals surface area contributed by atoms with Gasteiger partial charge >= 0.3 is 23.9 Å². The Labute approximate surface area is 206 Å². The van der Waals surface area contributed by atoms with Crippen molar-refractivity contribution in [2.45, 2.75) is 35.9 Å². The van der Waals surface area contributed by atoms with Crippen molar-refractivity contribution in [2.24, 2.45) is 7.05 Å². The van der Waals surface area contributed by atoms with Gasteiger partial charge in [-0.05, 0) is 25.1 Å². The molecule has 2 aromatic rings. The summed E-state index contributed by atoms with van der Waals surface area (Å²) in [5, 5.41) is 9.12. The summed E-state index contributed by atoms with van der Waals surface area (Å²) in [5.41, 5.74) is -7.50. The van der Waals surface area contributed by atoms with Gasteiger partial charge < -0.3 is 19.3 Å². The van der Waals surface area contributed by atoms with E-state index in [1.54, 1.807) is 0 Å². The van der Waals surface area contributed by atoms with Gasteiger partial charge in [0, 0.05) is 38.4 Å². The second-order valence-electron chi connectivity index (χ2n) is 8.28. The van der Waals surface area contributed by atoms with Crippen LogP contribution in [0.15, 0.2) is 29.6 Å². The molecule has 9 nitrogen and oxygen atoms in total. The summed E-state index contributed by atoms with van der Waals surface area (Å²) in [6.45, 7) is 0.0911. The van der Waals surface area contributed by atoms with Crippen molar-refractivity contribution in [3.8, 4) is 0 Å². The summed E-state index contributed by atoms with van der Waals surface area (Å²) in [6, 6.07) is 0.889. The molecular weight excluding hydrogens is 541 g/mol. The molecule has 2 atom stereocenters. The van der Waals surface area contributed by atoms with E-state index in [1.807, 2.05) is 0 Å². The maximum atomic E-state index is 13.8. The Bertz CT molecular complexity index is 1290. The molecule has 17 heteroatoms. The maximum absolute atomic E-state index is 13.8. The first kappa shape index (κ1) is 28.6. The van der Waals surface area contributed by atoms with Crippen LogP contribution in [-0.2, 0) is 38.4 Å². The number of piperazine rings is 1. The molecule has 1 aliphatic rings. The first-order valence-electron chi connectivity index (χ1n) is 10.4. The first-order valence-corrected chi connectivity index (χ1v) is 11.8. The van der Waals surface area contributed by atoms with E-state index in [1.165, 1.54) is 11.8 Å². The molecule has 0 amide bonds. The molecule has 3 rings (SSSR count). The highest BCUT2D eigenvalue weighted by Crippen LogP contribution is 2.43. The normalized spacial score (nSPS) is 19.5. The third-order valence-electron chi connectivity index (χ3n) is 5.86. The van der Waals surface area contributed by atoms with Gasteiger partial charge in [-0.2, -0.15) is 30.6 Å². The molecule has 1 aromatic heterocycles. The number of aryl methyl sites for hydroxylation is 1. The summed E-state index contributed by atoms with van der Waals surface area (Å²) < 4.78 is 127. The summed E-state index contributed by atoms with van der Waals surface area (Å²) in [5.74, 6) is -3.33. The third kappa shape index (κ3) is 4.86. The minimum atomic E-state index is -5.71. The average Bonchev–Trinajstić information content (AvgIpc) is 3.18. The smallest absolute Gasteiger partial charge is 0.434 e. The van der Waals surface area contributed by atoms with Crippen LogP contribution in [0.1, 0.15) is 18.2 Å². The van der Waals surface area contributed by atoms with Gasteiger partial charge in [-0.15, -0.1) is 0 Å². The zero-order chi connectivity index (χ0) is 28.1. The number of sulfonamides is 1. The number of benzene rings is 1. The van der Waals surface area contributed by atoms with Crippen molar-refractivity contribution >= 4 is 21.7 Å². The number of imidazole rings is 1. The van der Waals surface area contributed by atoms with E-state index in [9.17, 15) is 49.1 Å². The first-order chi connectivity index (χ1) is 16.9. The zero-order valence-electron chi connectivity index (χ0n) is 19.4. The average molecular weight is 562 g/mol. The fourth-order valence-corrected chi connectivity index (χ4v) is 5.94. The van der Waals surface area contributed by atoms with Crippen molar-refractivity contribution in [3.63, 3.8) is 0 Å². The van der Waals surface area contributed by atoms with Gasteiger partial charge in [0.05, 0.1) is 19.0 Å². The lowest BCUT2D eigenvalue weighted by Crippen LogP contribution is -2.55. The predicted molar refractivity (Wildman–Crippen MR) is 112 cm³/mol. The van der Waals surface area contributed by atoms with E-state index in [-0.39, 0.29) is 13.1 Å². The highest BCUT2D eigenvalue weighted by atomic mass is 32.2. The van der Waals surface area contributed by atoms with Gasteiger partial charge in [0.15, 0.2) is 5.03 Å². The number of alkyl halides is 6. The summed E-state index contributed by atoms with van der Waals surface area (Å²) in [7, 11) is -3.44. The number of carbonyl (C=O) groups excluding carboxylic acids is 1. The lowest BCUT2D eigenvalue weighted by molar-refractivity contribution is -0.269. The second-order valence-corrected chi connectivity index (χ2v) is 10.1. The predicted octanol–water partition coefficient (Wildman–Crippen LogP) is 2.40. The summed E-state index contributed by atoms with van der Waals surface area (Å²) >= 11 is 0. The number of anilines is 1. The van der Waals surface area contributed by atoms with Crippen LogP contribution in [0, 0.1) is 5.82 Å². The Kier molecular flexibility index (Phi) is 7.30. The van der Waals surface area contributed by atoms with E-state index in [0.717, 1.165) is 19.2 Å². The Hall–Kier alpha value is -2.92. The zero-order valence-corrected chi connectivity index (χ0v) is 20.2. The van der Waals surface area contributed by atoms with Crippen LogP contribution in [0.4, 0.5) is 36.4 Å². The third-order valence-corrected chi connectivity index (χ3v) is 7.81. The molecule has 1 saturated heterocycles. The highest BCUT2D eigenvalue weighted by molar-refractivity contribution is 7.89. The number of halogens is 7. The Balaban J connectivity index is 2.02. The Morgan fingerprint density at radius 2 is 1.78 bits per heavy atom. The van der Waals surface area contributed by atoms with E-state index < -0.39 is 74.3 Å². The molecular formula is C20H21F7N4O5S. The highest BCUT2D eigenvalue weighted by Gasteiger charge is 2.65. The molecule has 0 radical (unpaired) electrons. The molecule has 0 saturated carbocycles. The number of nitrogens with zero attached hydrogens (tertiary/aromatic N) is 4. The van der Waals surface area contributed by atoms with Crippen molar-refractivity contribution in [1.29, 1.82) is 0 Å². The topological polar surface area (TPSA) is 105 Å². The Morgan fingerprint density at radius 1 is 1.16 bits per heavy atom. The van der Waals surface area contributed by atoms with Gasteiger partial charge in [0.1, 0.15) is 11.5 Å². The van der Waals surface area contributed by atoms with Crippen molar-refractivity contribution in [3.05, 3.63) is 41.6 Å². The van der Waals surface area contributed by atoms with Crippen LogP contribution in [0.2, 0.25) is 0 Å². The van der Waals surface area contributed by atoms with Crippen molar-refractivity contribution < 1.29 is 53.8 Å². The molecule has 1 aliphatic heterocycles. The molecule has 1 aromatic carbocycles. The number of methoxy groups -OCH3 is 1.